The highest BCUT2D eigenvalue weighted by Crippen LogP contribution is 2.48. The number of hydrogen-bond donors (Lipinski definition) is 3. The van der Waals surface area contributed by atoms with Crippen LogP contribution >= 0.6 is 0 Å². The molecule has 0 aromatic rings. The molecule has 2 aliphatic rings. The number of allylic oxidation sites excluding steroid dienone is 6. The molecule has 1 saturated heterocycles. The number of carbonyl (C=O) groups excluding carboxylic acids is 2. The van der Waals surface area contributed by atoms with Gasteiger partial charge in [-0.05, 0) is 39.7 Å². The lowest BCUT2D eigenvalue weighted by atomic mass is 9.82. The van der Waals surface area contributed by atoms with Crippen LogP contribution in [-0.2, 0) is 19.1 Å². The molecular formula is C24H32O7. The van der Waals surface area contributed by atoms with Gasteiger partial charge in [0.05, 0.1) is 6.61 Å². The molecule has 7 nitrogen and oxygen atoms in total. The van der Waals surface area contributed by atoms with Crippen LogP contribution in [0.4, 0.5) is 0 Å². The average molecular weight is 433 g/mol. The molecule has 1 unspecified atom stereocenters. The molecule has 170 valence electrons. The van der Waals surface area contributed by atoms with Gasteiger partial charge in [0.1, 0.15) is 18.8 Å². The molecule has 4 atom stereocenters. The molecule has 0 radical (unpaired) electrons. The number of aliphatic hydroxyl groups is 3. The zero-order chi connectivity index (χ0) is 23.2. The number of aliphatic hydroxyl groups excluding tert-OH is 3. The molecule has 0 aromatic carbocycles. The first-order valence-corrected chi connectivity index (χ1v) is 10.3. The number of Topliss-reactive ketones (excluding diaryl/α,β-unsaturated/α-hetero) is 1. The van der Waals surface area contributed by atoms with Crippen LogP contribution in [0.25, 0.3) is 0 Å². The summed E-state index contributed by atoms with van der Waals surface area (Å²) >= 11 is 0. The van der Waals surface area contributed by atoms with E-state index in [-0.39, 0.29) is 18.8 Å². The first-order valence-electron chi connectivity index (χ1n) is 10.3. The summed E-state index contributed by atoms with van der Waals surface area (Å²) in [5.74, 6) is -0.917. The van der Waals surface area contributed by atoms with Crippen molar-refractivity contribution >= 4 is 11.8 Å². The van der Waals surface area contributed by atoms with Gasteiger partial charge in [-0.25, -0.2) is 0 Å². The van der Waals surface area contributed by atoms with E-state index in [2.05, 4.69) is 0 Å². The molecule has 1 aliphatic carbocycles. The van der Waals surface area contributed by atoms with E-state index in [1.165, 1.54) is 18.6 Å². The van der Waals surface area contributed by atoms with Crippen molar-refractivity contribution in [2.24, 2.45) is 0 Å². The summed E-state index contributed by atoms with van der Waals surface area (Å²) in [6, 6.07) is 0. The first-order chi connectivity index (χ1) is 14.6. The molecule has 0 spiro atoms. The minimum Gasteiger partial charge on any atom is -0.461 e. The molecule has 1 heterocycles. The predicted octanol–water partition coefficient (Wildman–Crippen LogP) is 2.09. The Hall–Kier alpha value is -2.32. The number of rotatable bonds is 10. The molecule has 2 rings (SSSR count). The second-order valence-corrected chi connectivity index (χ2v) is 8.11. The second-order valence-electron chi connectivity index (χ2n) is 8.11. The van der Waals surface area contributed by atoms with E-state index >= 15 is 0 Å². The maximum Gasteiger partial charge on any atom is 0.302 e. The second kappa shape index (κ2) is 10.8. The molecule has 7 heteroatoms. The summed E-state index contributed by atoms with van der Waals surface area (Å²) in [5.41, 5.74) is 1.65. The summed E-state index contributed by atoms with van der Waals surface area (Å²) in [4.78, 5) is 23.4. The molecule has 0 aromatic heterocycles. The van der Waals surface area contributed by atoms with E-state index in [0.717, 1.165) is 24.0 Å². The number of carbonyl (C=O) groups is 2. The summed E-state index contributed by atoms with van der Waals surface area (Å²) < 4.78 is 10.3. The Balaban J connectivity index is 1.98. The maximum absolute atomic E-state index is 12.4. The van der Waals surface area contributed by atoms with Crippen molar-refractivity contribution in [3.63, 3.8) is 0 Å². The number of ketones is 1. The van der Waals surface area contributed by atoms with Gasteiger partial charge in [0.2, 0.25) is 0 Å². The molecule has 0 bridgehead atoms. The number of ether oxygens (including phenoxy) is 2. The lowest BCUT2D eigenvalue weighted by Crippen LogP contribution is -2.46. The number of esters is 1. The first kappa shape index (κ1) is 24.9. The van der Waals surface area contributed by atoms with Crippen LogP contribution in [0.5, 0.6) is 0 Å². The highest BCUT2D eigenvalue weighted by atomic mass is 16.6. The Labute approximate surface area is 183 Å². The summed E-state index contributed by atoms with van der Waals surface area (Å²) in [5, 5.41) is 30.1. The van der Waals surface area contributed by atoms with E-state index < -0.39 is 35.7 Å². The lowest BCUT2D eigenvalue weighted by Gasteiger charge is -2.25. The number of hydrogen-bond acceptors (Lipinski definition) is 7. The third kappa shape index (κ3) is 6.33. The fourth-order valence-corrected chi connectivity index (χ4v) is 3.42. The molecule has 1 fully saturated rings. The van der Waals surface area contributed by atoms with Gasteiger partial charge >= 0.3 is 5.97 Å². The van der Waals surface area contributed by atoms with Crippen molar-refractivity contribution in [1.29, 1.82) is 0 Å². The lowest BCUT2D eigenvalue weighted by molar-refractivity contribution is -0.140. The normalized spacial score (nSPS) is 27.8. The minimum atomic E-state index is -1.39. The van der Waals surface area contributed by atoms with Gasteiger partial charge in [-0.2, -0.15) is 0 Å². The van der Waals surface area contributed by atoms with Crippen molar-refractivity contribution in [2.45, 2.75) is 64.4 Å². The summed E-state index contributed by atoms with van der Waals surface area (Å²) in [7, 11) is 0. The van der Waals surface area contributed by atoms with Crippen molar-refractivity contribution in [1.82, 2.24) is 0 Å². The predicted molar refractivity (Wildman–Crippen MR) is 116 cm³/mol. The van der Waals surface area contributed by atoms with Gasteiger partial charge in [-0.1, -0.05) is 47.1 Å². The van der Waals surface area contributed by atoms with Crippen LogP contribution in [0.15, 0.2) is 58.7 Å². The standard InChI is InChI=1S/C24H32O7/c1-15(8-6-10-17(3)13-25)7-5-9-16(2)11-20(27)24-21(28)12-19(14-30-18(4)26)22(29)23(24)31-24/h5,7,9-12,20-21,23,25,27-28H,6,8,13-14H2,1-4H3/b9-5+,15-7+,16-11+,17-10-/t20?,21-,23-,24+/m0/s1. The van der Waals surface area contributed by atoms with Crippen LogP contribution in [0.2, 0.25) is 0 Å². The Bertz CT molecular complexity index is 846. The third-order valence-corrected chi connectivity index (χ3v) is 5.39. The monoisotopic (exact) mass is 432 g/mol. The van der Waals surface area contributed by atoms with Crippen molar-refractivity contribution in [3.05, 3.63) is 58.7 Å². The van der Waals surface area contributed by atoms with E-state index in [0.29, 0.717) is 0 Å². The van der Waals surface area contributed by atoms with Crippen molar-refractivity contribution < 1.29 is 34.4 Å². The Kier molecular flexibility index (Phi) is 8.70. The minimum absolute atomic E-state index is 0.0740. The van der Waals surface area contributed by atoms with Crippen LogP contribution in [-0.4, -0.2) is 64.2 Å². The Morgan fingerprint density at radius 1 is 1.29 bits per heavy atom. The maximum atomic E-state index is 12.4. The smallest absolute Gasteiger partial charge is 0.302 e. The molecule has 0 amide bonds. The molecule has 3 N–H and O–H groups in total. The molecule has 31 heavy (non-hydrogen) atoms. The van der Waals surface area contributed by atoms with Crippen molar-refractivity contribution in [2.75, 3.05) is 13.2 Å². The van der Waals surface area contributed by atoms with Crippen LogP contribution in [0.3, 0.4) is 0 Å². The Morgan fingerprint density at radius 2 is 2.00 bits per heavy atom. The largest absolute Gasteiger partial charge is 0.461 e. The summed E-state index contributed by atoms with van der Waals surface area (Å²) in [6.45, 7) is 6.80. The van der Waals surface area contributed by atoms with Crippen LogP contribution in [0, 0.1) is 0 Å². The summed E-state index contributed by atoms with van der Waals surface area (Å²) in [6.07, 6.45) is 8.93. The van der Waals surface area contributed by atoms with Gasteiger partial charge in [-0.3, -0.25) is 9.59 Å². The topological polar surface area (TPSA) is 117 Å². The molecule has 1 aliphatic heterocycles. The van der Waals surface area contributed by atoms with E-state index in [4.69, 9.17) is 14.6 Å². The van der Waals surface area contributed by atoms with Gasteiger partial charge in [0.25, 0.3) is 0 Å². The van der Waals surface area contributed by atoms with Gasteiger partial charge in [0.15, 0.2) is 17.5 Å². The van der Waals surface area contributed by atoms with E-state index in [9.17, 15) is 19.8 Å². The SMILES string of the molecule is CC(=O)OCC1=C[C@H](O)[C@@]2(C(O)/C=C(C)/C=C/C=C(\C)CC/C=C(/C)CO)O[C@H]2C1=O. The third-order valence-electron chi connectivity index (χ3n) is 5.39. The van der Waals surface area contributed by atoms with Crippen LogP contribution in [0.1, 0.15) is 40.5 Å². The van der Waals surface area contributed by atoms with Crippen molar-refractivity contribution in [3.8, 4) is 0 Å². The average Bonchev–Trinajstić information content (AvgIpc) is 3.47. The zero-order valence-electron chi connectivity index (χ0n) is 18.5. The van der Waals surface area contributed by atoms with Gasteiger partial charge in [-0.15, -0.1) is 0 Å². The van der Waals surface area contributed by atoms with E-state index in [1.54, 1.807) is 6.08 Å². The van der Waals surface area contributed by atoms with E-state index in [1.807, 2.05) is 45.1 Å². The van der Waals surface area contributed by atoms with Gasteiger partial charge in [0, 0.05) is 12.5 Å². The number of fused-ring (bicyclic) bond motifs is 1. The molecular weight excluding hydrogens is 400 g/mol. The fraction of sp³-hybridized carbons (Fsp3) is 0.500. The van der Waals surface area contributed by atoms with Crippen LogP contribution < -0.4 is 0 Å². The van der Waals surface area contributed by atoms with Gasteiger partial charge < -0.3 is 24.8 Å². The highest BCUT2D eigenvalue weighted by Gasteiger charge is 2.70. The fourth-order valence-electron chi connectivity index (χ4n) is 3.42. The quantitative estimate of drug-likeness (QED) is 0.209. The Morgan fingerprint density at radius 3 is 2.65 bits per heavy atom. The highest BCUT2D eigenvalue weighted by molar-refractivity contribution is 6.03. The molecule has 0 saturated carbocycles. The number of epoxide rings is 1. The zero-order valence-corrected chi connectivity index (χ0v) is 18.5.